The van der Waals surface area contributed by atoms with Gasteiger partial charge in [-0.1, -0.05) is 13.3 Å². The highest BCUT2D eigenvalue weighted by Gasteiger charge is 2.07. The second kappa shape index (κ2) is 7.79. The Morgan fingerprint density at radius 3 is 2.54 bits per heavy atom. The Morgan fingerprint density at radius 1 is 1.31 bits per heavy atom. The molecule has 0 saturated carbocycles. The molecule has 0 saturated heterocycles. The van der Waals surface area contributed by atoms with Crippen LogP contribution in [0.3, 0.4) is 0 Å². The van der Waals surface area contributed by atoms with Crippen LogP contribution in [0.2, 0.25) is 0 Å². The van der Waals surface area contributed by atoms with Crippen molar-refractivity contribution in [2.75, 3.05) is 13.2 Å². The van der Waals surface area contributed by atoms with E-state index in [4.69, 9.17) is 4.74 Å². The van der Waals surface area contributed by atoms with Gasteiger partial charge in [0.15, 0.2) is 0 Å². The van der Waals surface area contributed by atoms with Gasteiger partial charge in [-0.15, -0.1) is 0 Å². The smallest absolute Gasteiger partial charge is 0.457 e. The molecule has 0 aromatic heterocycles. The van der Waals surface area contributed by atoms with Crippen molar-refractivity contribution in [3.05, 3.63) is 0 Å². The average Bonchev–Trinajstić information content (AvgIpc) is 2.05. The van der Waals surface area contributed by atoms with Crippen LogP contribution in [-0.2, 0) is 14.2 Å². The summed E-state index contributed by atoms with van der Waals surface area (Å²) in [4.78, 5) is 10.8. The lowest BCUT2D eigenvalue weighted by atomic mass is 10.4. The van der Waals surface area contributed by atoms with Crippen LogP contribution in [0, 0.1) is 0 Å². The van der Waals surface area contributed by atoms with E-state index in [0.29, 0.717) is 13.2 Å². The standard InChI is InChI=1S/C8H14O4S/c1-3-5-6-11-7(9)12-8(13)10-4-2/h3-6H2,1-2H3. The first kappa shape index (κ1) is 12.2. The van der Waals surface area contributed by atoms with Gasteiger partial charge in [0.05, 0.1) is 13.2 Å². The van der Waals surface area contributed by atoms with E-state index in [-0.39, 0.29) is 5.24 Å². The Kier molecular flexibility index (Phi) is 7.29. The van der Waals surface area contributed by atoms with Crippen LogP contribution < -0.4 is 0 Å². The molecular weight excluding hydrogens is 192 g/mol. The first-order chi connectivity index (χ1) is 6.20. The lowest BCUT2D eigenvalue weighted by molar-refractivity contribution is 0.0809. The van der Waals surface area contributed by atoms with Gasteiger partial charge in [0, 0.05) is 12.2 Å². The van der Waals surface area contributed by atoms with Gasteiger partial charge in [-0.2, -0.15) is 0 Å². The molecule has 0 radical (unpaired) electrons. The largest absolute Gasteiger partial charge is 0.516 e. The summed E-state index contributed by atoms with van der Waals surface area (Å²) in [6.45, 7) is 4.47. The zero-order chi connectivity index (χ0) is 10.1. The first-order valence-corrected chi connectivity index (χ1v) is 4.62. The number of hydrogen-bond acceptors (Lipinski definition) is 5. The lowest BCUT2D eigenvalue weighted by Crippen LogP contribution is -2.15. The topological polar surface area (TPSA) is 44.8 Å². The Balaban J connectivity index is 3.44. The molecule has 0 aliphatic heterocycles. The monoisotopic (exact) mass is 206 g/mol. The van der Waals surface area contributed by atoms with Crippen LogP contribution in [0.15, 0.2) is 0 Å². The van der Waals surface area contributed by atoms with Gasteiger partial charge in [0.2, 0.25) is 0 Å². The molecule has 0 aromatic rings. The Morgan fingerprint density at radius 2 is 2.00 bits per heavy atom. The van der Waals surface area contributed by atoms with Crippen LogP contribution in [0.4, 0.5) is 4.79 Å². The predicted octanol–water partition coefficient (Wildman–Crippen LogP) is 2.26. The number of hydrogen-bond donors (Lipinski definition) is 0. The summed E-state index contributed by atoms with van der Waals surface area (Å²) in [5.41, 5.74) is 0. The van der Waals surface area contributed by atoms with E-state index in [1.165, 1.54) is 0 Å². The molecule has 0 aromatic carbocycles. The molecule has 0 aliphatic rings. The van der Waals surface area contributed by atoms with E-state index in [0.717, 1.165) is 12.8 Å². The number of rotatable bonds is 4. The van der Waals surface area contributed by atoms with Crippen molar-refractivity contribution in [2.45, 2.75) is 26.7 Å². The van der Waals surface area contributed by atoms with E-state index >= 15 is 0 Å². The third-order valence-electron chi connectivity index (χ3n) is 1.15. The van der Waals surface area contributed by atoms with Crippen LogP contribution in [0.1, 0.15) is 26.7 Å². The van der Waals surface area contributed by atoms with E-state index in [1.54, 1.807) is 6.92 Å². The molecule has 0 heterocycles. The Labute approximate surface area is 83.2 Å². The minimum atomic E-state index is -0.799. The number of unbranched alkanes of at least 4 members (excludes halogenated alkanes) is 1. The van der Waals surface area contributed by atoms with E-state index in [1.807, 2.05) is 6.92 Å². The van der Waals surface area contributed by atoms with Crippen molar-refractivity contribution in [3.8, 4) is 0 Å². The van der Waals surface area contributed by atoms with Gasteiger partial charge in [-0.05, 0) is 13.3 Å². The minimum Gasteiger partial charge on any atom is -0.457 e. The Hall–Kier alpha value is -0.840. The lowest BCUT2D eigenvalue weighted by Gasteiger charge is -2.05. The SMILES string of the molecule is CCCCOC(=O)OC(=S)OCC. The molecule has 0 rings (SSSR count). The first-order valence-electron chi connectivity index (χ1n) is 4.22. The second-order valence-electron chi connectivity index (χ2n) is 2.24. The number of ether oxygens (including phenoxy) is 3. The van der Waals surface area contributed by atoms with Crippen LogP contribution in [-0.4, -0.2) is 24.6 Å². The molecule has 0 fully saturated rings. The van der Waals surface area contributed by atoms with Crippen LogP contribution in [0.5, 0.6) is 0 Å². The maximum absolute atomic E-state index is 10.8. The van der Waals surface area contributed by atoms with Crippen LogP contribution in [0.25, 0.3) is 0 Å². The quantitative estimate of drug-likeness (QED) is 0.401. The van der Waals surface area contributed by atoms with E-state index in [9.17, 15) is 4.79 Å². The van der Waals surface area contributed by atoms with Gasteiger partial charge in [0.1, 0.15) is 0 Å². The molecule has 0 unspecified atom stereocenters. The summed E-state index contributed by atoms with van der Waals surface area (Å²) in [6.07, 6.45) is 0.978. The van der Waals surface area contributed by atoms with Crippen molar-refractivity contribution in [1.82, 2.24) is 0 Å². The molecule has 5 heteroatoms. The highest BCUT2D eigenvalue weighted by atomic mass is 32.1. The van der Waals surface area contributed by atoms with Gasteiger partial charge < -0.3 is 14.2 Å². The van der Waals surface area contributed by atoms with Crippen molar-refractivity contribution in [3.63, 3.8) is 0 Å². The maximum atomic E-state index is 10.8. The summed E-state index contributed by atoms with van der Waals surface area (Å²) in [7, 11) is 0. The highest BCUT2D eigenvalue weighted by Crippen LogP contribution is 1.94. The molecule has 0 N–H and O–H groups in total. The zero-order valence-corrected chi connectivity index (χ0v) is 8.69. The molecule has 0 spiro atoms. The van der Waals surface area contributed by atoms with Crippen molar-refractivity contribution in [1.29, 1.82) is 0 Å². The fourth-order valence-corrected chi connectivity index (χ4v) is 0.731. The summed E-state index contributed by atoms with van der Waals surface area (Å²) in [5, 5.41) is -0.191. The molecule has 0 bridgehead atoms. The molecule has 0 aliphatic carbocycles. The molecular formula is C8H14O4S. The molecule has 0 amide bonds. The minimum absolute atomic E-state index is 0.191. The zero-order valence-electron chi connectivity index (χ0n) is 7.87. The average molecular weight is 206 g/mol. The Bertz CT molecular complexity index is 170. The number of carbonyl (C=O) groups is 1. The molecule has 13 heavy (non-hydrogen) atoms. The van der Waals surface area contributed by atoms with E-state index in [2.05, 4.69) is 21.7 Å². The highest BCUT2D eigenvalue weighted by molar-refractivity contribution is 7.79. The fourth-order valence-electron chi connectivity index (χ4n) is 0.545. The normalized spacial score (nSPS) is 9.08. The summed E-state index contributed by atoms with van der Waals surface area (Å²) in [5.74, 6) is 0. The summed E-state index contributed by atoms with van der Waals surface area (Å²) >= 11 is 4.56. The summed E-state index contributed by atoms with van der Waals surface area (Å²) in [6, 6.07) is 0. The van der Waals surface area contributed by atoms with Crippen molar-refractivity contribution >= 4 is 23.6 Å². The predicted molar refractivity (Wildman–Crippen MR) is 51.6 cm³/mol. The van der Waals surface area contributed by atoms with Gasteiger partial charge in [0.25, 0.3) is 0 Å². The van der Waals surface area contributed by atoms with Crippen molar-refractivity contribution in [2.24, 2.45) is 0 Å². The number of thiocarbonyl (C=S) groups is 1. The van der Waals surface area contributed by atoms with Gasteiger partial charge >= 0.3 is 11.4 Å². The second-order valence-corrected chi connectivity index (χ2v) is 2.57. The summed E-state index contributed by atoms with van der Waals surface area (Å²) < 4.78 is 13.9. The van der Waals surface area contributed by atoms with Gasteiger partial charge in [-0.25, -0.2) is 4.79 Å². The fraction of sp³-hybridized carbons (Fsp3) is 0.750. The van der Waals surface area contributed by atoms with Gasteiger partial charge in [-0.3, -0.25) is 0 Å². The third kappa shape index (κ3) is 7.52. The molecule has 4 nitrogen and oxygen atoms in total. The van der Waals surface area contributed by atoms with E-state index < -0.39 is 6.16 Å². The third-order valence-corrected chi connectivity index (χ3v) is 1.35. The molecule has 76 valence electrons. The number of carbonyl (C=O) groups excluding carboxylic acids is 1. The molecule has 0 atom stereocenters. The van der Waals surface area contributed by atoms with Crippen LogP contribution >= 0.6 is 12.2 Å². The van der Waals surface area contributed by atoms with Crippen molar-refractivity contribution < 1.29 is 19.0 Å². The maximum Gasteiger partial charge on any atom is 0.516 e.